The molecular weight excluding hydrogens is 302 g/mol. The molecule has 0 saturated carbocycles. The minimum atomic E-state index is -0.0409. The van der Waals surface area contributed by atoms with Gasteiger partial charge in [0, 0.05) is 17.9 Å². The molecule has 2 nitrogen and oxygen atoms in total. The van der Waals surface area contributed by atoms with Crippen molar-refractivity contribution in [2.75, 3.05) is 11.9 Å². The zero-order valence-electron chi connectivity index (χ0n) is 11.5. The lowest BCUT2D eigenvalue weighted by atomic mass is 9.99. The van der Waals surface area contributed by atoms with Crippen LogP contribution in [0.15, 0.2) is 30.3 Å². The van der Waals surface area contributed by atoms with E-state index in [0.29, 0.717) is 6.04 Å². The van der Waals surface area contributed by atoms with Crippen LogP contribution in [0, 0.1) is 0 Å². The van der Waals surface area contributed by atoms with Crippen LogP contribution >= 0.6 is 15.9 Å². The normalized spacial score (nSPS) is 21.8. The van der Waals surface area contributed by atoms with Crippen LogP contribution in [0.2, 0.25) is 0 Å². The second-order valence-corrected chi connectivity index (χ2v) is 5.97. The predicted octanol–water partition coefficient (Wildman–Crippen LogP) is 3.96. The number of likely N-dealkylation sites (tertiary alicyclic amines) is 1. The van der Waals surface area contributed by atoms with E-state index < -0.39 is 0 Å². The summed E-state index contributed by atoms with van der Waals surface area (Å²) in [7, 11) is 0. The van der Waals surface area contributed by atoms with Crippen LogP contribution in [-0.2, 0) is 4.79 Å². The van der Waals surface area contributed by atoms with E-state index in [-0.39, 0.29) is 11.8 Å². The lowest BCUT2D eigenvalue weighted by Crippen LogP contribution is -2.43. The van der Waals surface area contributed by atoms with E-state index >= 15 is 0 Å². The molecule has 0 aliphatic carbocycles. The van der Waals surface area contributed by atoms with Crippen LogP contribution in [-0.4, -0.2) is 28.7 Å². The molecule has 1 aliphatic heterocycles. The van der Waals surface area contributed by atoms with Crippen molar-refractivity contribution < 1.29 is 4.79 Å². The van der Waals surface area contributed by atoms with Crippen LogP contribution in [0.5, 0.6) is 0 Å². The fraction of sp³-hybridized carbons (Fsp3) is 0.562. The Morgan fingerprint density at radius 2 is 2.05 bits per heavy atom. The van der Waals surface area contributed by atoms with Crippen molar-refractivity contribution in [3.63, 3.8) is 0 Å². The summed E-state index contributed by atoms with van der Waals surface area (Å²) in [6.07, 6.45) is 4.74. The zero-order chi connectivity index (χ0) is 13.7. The van der Waals surface area contributed by atoms with E-state index in [4.69, 9.17) is 0 Å². The maximum Gasteiger partial charge on any atom is 0.230 e. The van der Waals surface area contributed by atoms with Crippen LogP contribution < -0.4 is 0 Å². The van der Waals surface area contributed by atoms with Crippen LogP contribution in [0.1, 0.15) is 44.1 Å². The van der Waals surface area contributed by atoms with E-state index in [1.807, 2.05) is 37.3 Å². The number of carbonyl (C=O) groups is 1. The Kier molecular flexibility index (Phi) is 5.44. The third-order valence-electron chi connectivity index (χ3n) is 4.01. The van der Waals surface area contributed by atoms with Crippen LogP contribution in [0.3, 0.4) is 0 Å². The van der Waals surface area contributed by atoms with Gasteiger partial charge in [0.15, 0.2) is 0 Å². The first-order valence-corrected chi connectivity index (χ1v) is 8.27. The van der Waals surface area contributed by atoms with Crippen molar-refractivity contribution in [1.82, 2.24) is 4.90 Å². The van der Waals surface area contributed by atoms with Gasteiger partial charge >= 0.3 is 0 Å². The molecule has 0 radical (unpaired) electrons. The molecule has 2 unspecified atom stereocenters. The number of halogens is 1. The summed E-state index contributed by atoms with van der Waals surface area (Å²) < 4.78 is 0. The molecule has 1 aliphatic rings. The smallest absolute Gasteiger partial charge is 0.230 e. The number of nitrogens with zero attached hydrogens (tertiary/aromatic N) is 1. The van der Waals surface area contributed by atoms with Gasteiger partial charge in [-0.3, -0.25) is 4.79 Å². The van der Waals surface area contributed by atoms with E-state index in [1.165, 1.54) is 12.8 Å². The molecule has 0 aromatic heterocycles. The highest BCUT2D eigenvalue weighted by Gasteiger charge is 2.28. The van der Waals surface area contributed by atoms with Gasteiger partial charge in [-0.05, 0) is 25.3 Å². The van der Waals surface area contributed by atoms with E-state index in [9.17, 15) is 4.79 Å². The van der Waals surface area contributed by atoms with Gasteiger partial charge in [-0.2, -0.15) is 0 Å². The molecule has 1 aromatic rings. The fourth-order valence-corrected chi connectivity index (χ4v) is 3.43. The summed E-state index contributed by atoms with van der Waals surface area (Å²) in [6, 6.07) is 10.5. The predicted molar refractivity (Wildman–Crippen MR) is 82.6 cm³/mol. The van der Waals surface area contributed by atoms with Crippen molar-refractivity contribution >= 4 is 21.8 Å². The Morgan fingerprint density at radius 3 is 2.74 bits per heavy atom. The molecule has 3 heteroatoms. The maximum atomic E-state index is 12.7. The molecule has 2 rings (SSSR count). The SMILES string of the molecule is CC(C(=O)N1CCCCCC1CBr)c1ccccc1. The molecule has 1 fully saturated rings. The molecule has 1 aromatic carbocycles. The van der Waals surface area contributed by atoms with Gasteiger partial charge in [0.25, 0.3) is 0 Å². The van der Waals surface area contributed by atoms with Crippen molar-refractivity contribution in [1.29, 1.82) is 0 Å². The van der Waals surface area contributed by atoms with E-state index in [0.717, 1.165) is 30.3 Å². The number of benzene rings is 1. The molecule has 0 bridgehead atoms. The lowest BCUT2D eigenvalue weighted by Gasteiger charge is -2.31. The maximum absolute atomic E-state index is 12.7. The first-order valence-electron chi connectivity index (χ1n) is 7.15. The Bertz CT molecular complexity index is 406. The molecule has 1 saturated heterocycles. The molecule has 1 heterocycles. The van der Waals surface area contributed by atoms with E-state index in [2.05, 4.69) is 20.8 Å². The van der Waals surface area contributed by atoms with Crippen molar-refractivity contribution in [3.05, 3.63) is 35.9 Å². The fourth-order valence-electron chi connectivity index (χ4n) is 2.76. The highest BCUT2D eigenvalue weighted by atomic mass is 79.9. The summed E-state index contributed by atoms with van der Waals surface area (Å²) in [5, 5.41) is 0.889. The summed E-state index contributed by atoms with van der Waals surface area (Å²) >= 11 is 3.57. The van der Waals surface area contributed by atoms with Gasteiger partial charge in [-0.15, -0.1) is 0 Å². The number of carbonyl (C=O) groups excluding carboxylic acids is 1. The summed E-state index contributed by atoms with van der Waals surface area (Å²) in [4.78, 5) is 14.8. The second kappa shape index (κ2) is 7.09. The summed E-state index contributed by atoms with van der Waals surface area (Å²) in [5.74, 6) is 0.235. The Balaban J connectivity index is 2.12. The zero-order valence-corrected chi connectivity index (χ0v) is 13.1. The quantitative estimate of drug-likeness (QED) is 0.771. The Morgan fingerprint density at radius 1 is 1.32 bits per heavy atom. The number of amides is 1. The monoisotopic (exact) mass is 323 g/mol. The lowest BCUT2D eigenvalue weighted by molar-refractivity contribution is -0.134. The number of hydrogen-bond acceptors (Lipinski definition) is 1. The molecule has 0 spiro atoms. The van der Waals surface area contributed by atoms with Gasteiger partial charge in [0.1, 0.15) is 0 Å². The van der Waals surface area contributed by atoms with Gasteiger partial charge < -0.3 is 4.90 Å². The molecule has 19 heavy (non-hydrogen) atoms. The minimum Gasteiger partial charge on any atom is -0.338 e. The van der Waals surface area contributed by atoms with Crippen LogP contribution in [0.4, 0.5) is 0 Å². The molecular formula is C16H22BrNO. The Hall–Kier alpha value is -0.830. The van der Waals surface area contributed by atoms with E-state index in [1.54, 1.807) is 0 Å². The number of rotatable bonds is 3. The average molecular weight is 324 g/mol. The van der Waals surface area contributed by atoms with Crippen LogP contribution in [0.25, 0.3) is 0 Å². The average Bonchev–Trinajstić information content (AvgIpc) is 2.71. The molecule has 1 amide bonds. The first-order chi connectivity index (χ1) is 9.24. The standard InChI is InChI=1S/C16H22BrNO/c1-13(14-8-4-2-5-9-14)16(19)18-11-7-3-6-10-15(18)12-17/h2,4-5,8-9,13,15H,3,6-7,10-12H2,1H3. The topological polar surface area (TPSA) is 20.3 Å². The Labute approximate surface area is 124 Å². The molecule has 0 N–H and O–H groups in total. The third kappa shape index (κ3) is 3.59. The molecule has 104 valence electrons. The van der Waals surface area contributed by atoms with Crippen molar-refractivity contribution in [2.45, 2.75) is 44.6 Å². The van der Waals surface area contributed by atoms with Gasteiger partial charge in [0.05, 0.1) is 5.92 Å². The summed E-state index contributed by atoms with van der Waals surface area (Å²) in [5.41, 5.74) is 1.12. The second-order valence-electron chi connectivity index (χ2n) is 5.32. The highest BCUT2D eigenvalue weighted by Crippen LogP contribution is 2.24. The van der Waals surface area contributed by atoms with Crippen molar-refractivity contribution in [3.8, 4) is 0 Å². The third-order valence-corrected chi connectivity index (χ3v) is 4.76. The van der Waals surface area contributed by atoms with Crippen molar-refractivity contribution in [2.24, 2.45) is 0 Å². The summed E-state index contributed by atoms with van der Waals surface area (Å²) in [6.45, 7) is 2.93. The van der Waals surface area contributed by atoms with Gasteiger partial charge in [-0.1, -0.05) is 59.1 Å². The first kappa shape index (κ1) is 14.6. The molecule has 2 atom stereocenters. The minimum absolute atomic E-state index is 0.0409. The number of hydrogen-bond donors (Lipinski definition) is 0. The van der Waals surface area contributed by atoms with Gasteiger partial charge in [-0.25, -0.2) is 0 Å². The van der Waals surface area contributed by atoms with Gasteiger partial charge in [0.2, 0.25) is 5.91 Å². The number of alkyl halides is 1. The highest BCUT2D eigenvalue weighted by molar-refractivity contribution is 9.09. The largest absolute Gasteiger partial charge is 0.338 e.